The summed E-state index contributed by atoms with van der Waals surface area (Å²) in [6.45, 7) is -0.291. The number of halogens is 2. The number of hydrazine groups is 1. The van der Waals surface area contributed by atoms with E-state index in [-0.39, 0.29) is 12.5 Å². The first-order valence-electron chi connectivity index (χ1n) is 9.14. The van der Waals surface area contributed by atoms with Crippen LogP contribution < -0.4 is 15.5 Å². The lowest BCUT2D eigenvalue weighted by Gasteiger charge is -2.38. The van der Waals surface area contributed by atoms with Crippen LogP contribution in [0.15, 0.2) is 72.8 Å². The number of fused-ring (bicyclic) bond motifs is 1. The number of ether oxygens (including phenoxy) is 1. The van der Waals surface area contributed by atoms with Gasteiger partial charge in [-0.2, -0.15) is 0 Å². The molecule has 8 heteroatoms. The minimum absolute atomic E-state index is 0.291. The Balaban J connectivity index is 1.57. The molecule has 0 aliphatic carbocycles. The first-order chi connectivity index (χ1) is 14.5. The second-order valence-electron chi connectivity index (χ2n) is 6.57. The number of benzene rings is 3. The van der Waals surface area contributed by atoms with E-state index in [1.165, 1.54) is 5.01 Å². The molecule has 1 aliphatic heterocycles. The van der Waals surface area contributed by atoms with Crippen LogP contribution in [-0.4, -0.2) is 23.4 Å². The molecular formula is C22H17Cl2N3O3. The van der Waals surface area contributed by atoms with Crippen molar-refractivity contribution in [2.45, 2.75) is 6.17 Å². The Morgan fingerprint density at radius 3 is 2.60 bits per heavy atom. The van der Waals surface area contributed by atoms with Gasteiger partial charge in [-0.15, -0.1) is 0 Å². The van der Waals surface area contributed by atoms with Gasteiger partial charge in [-0.05, 0) is 36.4 Å². The summed E-state index contributed by atoms with van der Waals surface area (Å²) < 4.78 is 5.48. The maximum Gasteiger partial charge on any atom is 0.276 e. The number of amides is 2. The van der Waals surface area contributed by atoms with Crippen molar-refractivity contribution in [3.8, 4) is 5.75 Å². The normalized spacial score (nSPS) is 15.2. The third-order valence-corrected chi connectivity index (χ3v) is 5.12. The quantitative estimate of drug-likeness (QED) is 0.603. The Morgan fingerprint density at radius 2 is 1.80 bits per heavy atom. The summed E-state index contributed by atoms with van der Waals surface area (Å²) in [5, 5.41) is 5.47. The minimum Gasteiger partial charge on any atom is -0.484 e. The Bertz CT molecular complexity index is 1110. The van der Waals surface area contributed by atoms with Crippen molar-refractivity contribution in [2.24, 2.45) is 0 Å². The van der Waals surface area contributed by atoms with Gasteiger partial charge in [-0.1, -0.05) is 59.6 Å². The number of carbonyl (C=O) groups excluding carboxylic acids is 2. The molecule has 0 spiro atoms. The SMILES string of the molecule is O=C(COc1cccc(Cl)c1)NN1C(=O)c2ccccc2NC1c1ccccc1Cl. The first kappa shape index (κ1) is 20.1. The summed E-state index contributed by atoms with van der Waals surface area (Å²) in [6.07, 6.45) is -0.684. The van der Waals surface area contributed by atoms with Gasteiger partial charge in [0.05, 0.1) is 5.56 Å². The fourth-order valence-corrected chi connectivity index (χ4v) is 3.57. The number of hydrogen-bond acceptors (Lipinski definition) is 4. The highest BCUT2D eigenvalue weighted by Crippen LogP contribution is 2.34. The summed E-state index contributed by atoms with van der Waals surface area (Å²) in [5.74, 6) is -0.402. The van der Waals surface area contributed by atoms with Gasteiger partial charge in [0.1, 0.15) is 11.9 Å². The standard InChI is InChI=1S/C22H17Cl2N3O3/c23-14-6-5-7-15(12-14)30-13-20(28)26-27-21(16-8-1-3-10-18(16)24)25-19-11-4-2-9-17(19)22(27)29/h1-12,21,25H,13H2,(H,26,28). The van der Waals surface area contributed by atoms with Crippen molar-refractivity contribution in [3.05, 3.63) is 94.0 Å². The monoisotopic (exact) mass is 441 g/mol. The van der Waals surface area contributed by atoms with E-state index in [1.54, 1.807) is 60.7 Å². The zero-order chi connectivity index (χ0) is 21.1. The lowest BCUT2D eigenvalue weighted by molar-refractivity contribution is -0.127. The average Bonchev–Trinajstić information content (AvgIpc) is 2.75. The van der Waals surface area contributed by atoms with E-state index in [0.29, 0.717) is 32.6 Å². The van der Waals surface area contributed by atoms with E-state index in [2.05, 4.69) is 10.7 Å². The van der Waals surface area contributed by atoms with Crippen LogP contribution in [-0.2, 0) is 4.79 Å². The van der Waals surface area contributed by atoms with Gasteiger partial charge in [-0.3, -0.25) is 15.0 Å². The molecule has 2 amide bonds. The van der Waals surface area contributed by atoms with Crippen LogP contribution in [0.1, 0.15) is 22.1 Å². The molecule has 1 atom stereocenters. The molecule has 6 nitrogen and oxygen atoms in total. The molecule has 152 valence electrons. The van der Waals surface area contributed by atoms with Gasteiger partial charge < -0.3 is 10.1 Å². The summed E-state index contributed by atoms with van der Waals surface area (Å²) in [5.41, 5.74) is 4.39. The molecule has 1 unspecified atom stereocenters. The molecule has 3 aromatic carbocycles. The summed E-state index contributed by atoms with van der Waals surface area (Å²) in [6, 6.07) is 20.9. The molecule has 0 saturated heterocycles. The van der Waals surface area contributed by atoms with Crippen LogP contribution in [0.5, 0.6) is 5.75 Å². The number of nitrogens with zero attached hydrogens (tertiary/aromatic N) is 1. The lowest BCUT2D eigenvalue weighted by atomic mass is 10.0. The zero-order valence-electron chi connectivity index (χ0n) is 15.6. The summed E-state index contributed by atoms with van der Waals surface area (Å²) in [4.78, 5) is 25.7. The Morgan fingerprint density at radius 1 is 1.03 bits per heavy atom. The second-order valence-corrected chi connectivity index (χ2v) is 7.41. The molecule has 30 heavy (non-hydrogen) atoms. The molecule has 1 aliphatic rings. The smallest absolute Gasteiger partial charge is 0.276 e. The molecule has 0 fully saturated rings. The van der Waals surface area contributed by atoms with Crippen molar-refractivity contribution in [2.75, 3.05) is 11.9 Å². The molecule has 3 aromatic rings. The van der Waals surface area contributed by atoms with Crippen molar-refractivity contribution in [1.82, 2.24) is 10.4 Å². The molecular weight excluding hydrogens is 425 g/mol. The number of para-hydroxylation sites is 1. The van der Waals surface area contributed by atoms with Crippen molar-refractivity contribution in [1.29, 1.82) is 0 Å². The van der Waals surface area contributed by atoms with E-state index >= 15 is 0 Å². The maximum atomic E-state index is 13.1. The number of carbonyl (C=O) groups is 2. The van der Waals surface area contributed by atoms with Crippen LogP contribution in [0, 0.1) is 0 Å². The average molecular weight is 442 g/mol. The molecule has 0 saturated carbocycles. The Kier molecular flexibility index (Phi) is 5.79. The molecule has 4 rings (SSSR count). The second kappa shape index (κ2) is 8.65. The fourth-order valence-electron chi connectivity index (χ4n) is 3.16. The van der Waals surface area contributed by atoms with Crippen molar-refractivity contribution in [3.63, 3.8) is 0 Å². The number of hydrogen-bond donors (Lipinski definition) is 2. The Labute approximate surface area is 183 Å². The van der Waals surface area contributed by atoms with E-state index in [4.69, 9.17) is 27.9 Å². The molecule has 0 bridgehead atoms. The van der Waals surface area contributed by atoms with Gasteiger partial charge >= 0.3 is 0 Å². The number of nitrogens with one attached hydrogen (secondary N) is 2. The first-order valence-corrected chi connectivity index (χ1v) is 9.90. The molecule has 0 radical (unpaired) electrons. The third kappa shape index (κ3) is 4.20. The molecule has 0 aromatic heterocycles. The van der Waals surface area contributed by atoms with Gasteiger partial charge in [0.2, 0.25) is 0 Å². The van der Waals surface area contributed by atoms with Gasteiger partial charge in [0, 0.05) is 21.3 Å². The zero-order valence-corrected chi connectivity index (χ0v) is 17.2. The van der Waals surface area contributed by atoms with Crippen LogP contribution in [0.2, 0.25) is 10.0 Å². The molecule has 2 N–H and O–H groups in total. The van der Waals surface area contributed by atoms with E-state index in [1.807, 2.05) is 12.1 Å². The van der Waals surface area contributed by atoms with Crippen LogP contribution in [0.25, 0.3) is 0 Å². The highest BCUT2D eigenvalue weighted by Gasteiger charge is 2.35. The predicted molar refractivity (Wildman–Crippen MR) is 116 cm³/mol. The summed E-state index contributed by atoms with van der Waals surface area (Å²) >= 11 is 12.3. The highest BCUT2D eigenvalue weighted by atomic mass is 35.5. The highest BCUT2D eigenvalue weighted by molar-refractivity contribution is 6.31. The lowest BCUT2D eigenvalue weighted by Crippen LogP contribution is -2.53. The van der Waals surface area contributed by atoms with Gasteiger partial charge in [0.15, 0.2) is 6.61 Å². The maximum absolute atomic E-state index is 13.1. The Hall–Kier alpha value is -3.22. The van der Waals surface area contributed by atoms with Crippen molar-refractivity contribution < 1.29 is 14.3 Å². The summed E-state index contributed by atoms with van der Waals surface area (Å²) in [7, 11) is 0. The minimum atomic E-state index is -0.684. The van der Waals surface area contributed by atoms with E-state index in [0.717, 1.165) is 0 Å². The van der Waals surface area contributed by atoms with Gasteiger partial charge in [0.25, 0.3) is 11.8 Å². The largest absolute Gasteiger partial charge is 0.484 e. The van der Waals surface area contributed by atoms with Crippen LogP contribution in [0.3, 0.4) is 0 Å². The molecule has 1 heterocycles. The van der Waals surface area contributed by atoms with E-state index in [9.17, 15) is 9.59 Å². The number of rotatable bonds is 5. The third-order valence-electron chi connectivity index (χ3n) is 4.54. The fraction of sp³-hybridized carbons (Fsp3) is 0.0909. The predicted octanol–water partition coefficient (Wildman–Crippen LogP) is 4.67. The van der Waals surface area contributed by atoms with E-state index < -0.39 is 12.1 Å². The van der Waals surface area contributed by atoms with Crippen LogP contribution in [0.4, 0.5) is 5.69 Å². The van der Waals surface area contributed by atoms with Crippen LogP contribution >= 0.6 is 23.2 Å². The van der Waals surface area contributed by atoms with Crippen molar-refractivity contribution >= 4 is 40.7 Å². The topological polar surface area (TPSA) is 70.7 Å². The number of anilines is 1. The van der Waals surface area contributed by atoms with Gasteiger partial charge in [-0.25, -0.2) is 5.01 Å².